The first kappa shape index (κ1) is 15.3. The SMILES string of the molecule is CC(C)c1ccccc1NS(=O)(=O)c1ccc(F)c(N)c1. The van der Waals surface area contributed by atoms with Crippen LogP contribution in [0.4, 0.5) is 15.8 Å². The Morgan fingerprint density at radius 1 is 1.14 bits per heavy atom. The van der Waals surface area contributed by atoms with Gasteiger partial charge in [0.15, 0.2) is 0 Å². The second kappa shape index (κ2) is 5.73. The Kier molecular flexibility index (Phi) is 4.18. The Balaban J connectivity index is 2.40. The second-order valence-electron chi connectivity index (χ2n) is 5.03. The molecule has 0 atom stereocenters. The van der Waals surface area contributed by atoms with E-state index in [1.807, 2.05) is 26.0 Å². The molecule has 0 heterocycles. The molecule has 3 N–H and O–H groups in total. The number of para-hydroxylation sites is 1. The van der Waals surface area contributed by atoms with E-state index >= 15 is 0 Å². The fraction of sp³-hybridized carbons (Fsp3) is 0.200. The molecule has 0 fully saturated rings. The third-order valence-electron chi connectivity index (χ3n) is 3.10. The molecule has 21 heavy (non-hydrogen) atoms. The smallest absolute Gasteiger partial charge is 0.261 e. The van der Waals surface area contributed by atoms with E-state index in [9.17, 15) is 12.8 Å². The van der Waals surface area contributed by atoms with Crippen LogP contribution in [-0.2, 0) is 10.0 Å². The number of anilines is 2. The molecule has 0 spiro atoms. The number of rotatable bonds is 4. The molecule has 0 unspecified atom stereocenters. The van der Waals surface area contributed by atoms with Crippen LogP contribution < -0.4 is 10.5 Å². The maximum Gasteiger partial charge on any atom is 0.261 e. The van der Waals surface area contributed by atoms with Gasteiger partial charge in [0.2, 0.25) is 0 Å². The molecule has 0 bridgehead atoms. The minimum absolute atomic E-state index is 0.0695. The predicted octanol–water partition coefficient (Wildman–Crippen LogP) is 3.33. The van der Waals surface area contributed by atoms with Gasteiger partial charge in [-0.1, -0.05) is 32.0 Å². The number of hydrogen-bond donors (Lipinski definition) is 2. The number of nitrogens with two attached hydrogens (primary N) is 1. The van der Waals surface area contributed by atoms with Crippen LogP contribution in [0.15, 0.2) is 47.4 Å². The zero-order valence-corrected chi connectivity index (χ0v) is 12.6. The monoisotopic (exact) mass is 308 g/mol. The van der Waals surface area contributed by atoms with Crippen LogP contribution in [0.5, 0.6) is 0 Å². The molecule has 2 aromatic carbocycles. The van der Waals surface area contributed by atoms with Crippen molar-refractivity contribution in [1.29, 1.82) is 0 Å². The van der Waals surface area contributed by atoms with Gasteiger partial charge in [-0.25, -0.2) is 12.8 Å². The van der Waals surface area contributed by atoms with Gasteiger partial charge in [0, 0.05) is 0 Å². The Hall–Kier alpha value is -2.08. The zero-order valence-electron chi connectivity index (χ0n) is 11.8. The Morgan fingerprint density at radius 3 is 2.43 bits per heavy atom. The van der Waals surface area contributed by atoms with Crippen molar-refractivity contribution in [3.63, 3.8) is 0 Å². The van der Waals surface area contributed by atoms with Crippen LogP contribution >= 0.6 is 0 Å². The molecule has 0 aliphatic carbocycles. The van der Waals surface area contributed by atoms with Gasteiger partial charge < -0.3 is 5.73 Å². The first-order valence-electron chi connectivity index (χ1n) is 6.48. The molecule has 2 rings (SSSR count). The van der Waals surface area contributed by atoms with Gasteiger partial charge in [-0.2, -0.15) is 0 Å². The third-order valence-corrected chi connectivity index (χ3v) is 4.47. The summed E-state index contributed by atoms with van der Waals surface area (Å²) in [5.74, 6) is -0.473. The van der Waals surface area contributed by atoms with Gasteiger partial charge in [0.1, 0.15) is 5.82 Å². The lowest BCUT2D eigenvalue weighted by molar-refractivity contribution is 0.600. The molecule has 6 heteroatoms. The average molecular weight is 308 g/mol. The summed E-state index contributed by atoms with van der Waals surface area (Å²) in [5.41, 5.74) is 6.62. The molecule has 0 saturated heterocycles. The van der Waals surface area contributed by atoms with Crippen LogP contribution in [0.3, 0.4) is 0 Å². The van der Waals surface area contributed by atoms with E-state index in [0.29, 0.717) is 5.69 Å². The first-order chi connectivity index (χ1) is 9.81. The lowest BCUT2D eigenvalue weighted by atomic mass is 10.0. The summed E-state index contributed by atoms with van der Waals surface area (Å²) in [6, 6.07) is 10.5. The van der Waals surface area contributed by atoms with Gasteiger partial charge in [-0.15, -0.1) is 0 Å². The molecule has 0 amide bonds. The van der Waals surface area contributed by atoms with Gasteiger partial charge in [-0.3, -0.25) is 4.72 Å². The Labute approximate surface area is 123 Å². The van der Waals surface area contributed by atoms with Gasteiger partial charge in [0.05, 0.1) is 16.3 Å². The number of sulfonamides is 1. The summed E-state index contributed by atoms with van der Waals surface area (Å²) < 4.78 is 40.4. The minimum Gasteiger partial charge on any atom is -0.396 e. The normalized spacial score (nSPS) is 11.6. The highest BCUT2D eigenvalue weighted by molar-refractivity contribution is 7.92. The molecule has 0 aliphatic rings. The zero-order chi connectivity index (χ0) is 15.6. The predicted molar refractivity (Wildman–Crippen MR) is 82.2 cm³/mol. The quantitative estimate of drug-likeness (QED) is 0.851. The highest BCUT2D eigenvalue weighted by atomic mass is 32.2. The number of hydrogen-bond acceptors (Lipinski definition) is 3. The summed E-state index contributed by atoms with van der Waals surface area (Å²) >= 11 is 0. The second-order valence-corrected chi connectivity index (χ2v) is 6.71. The molecule has 0 radical (unpaired) electrons. The fourth-order valence-electron chi connectivity index (χ4n) is 1.99. The number of nitrogens with one attached hydrogen (secondary N) is 1. The van der Waals surface area contributed by atoms with Crippen molar-refractivity contribution in [2.75, 3.05) is 10.5 Å². The third kappa shape index (κ3) is 3.33. The molecule has 4 nitrogen and oxygen atoms in total. The van der Waals surface area contributed by atoms with Gasteiger partial charge in [-0.05, 0) is 35.7 Å². The molecular weight excluding hydrogens is 291 g/mol. The lowest BCUT2D eigenvalue weighted by Crippen LogP contribution is -2.15. The van der Waals surface area contributed by atoms with E-state index in [2.05, 4.69) is 4.72 Å². The van der Waals surface area contributed by atoms with Crippen LogP contribution in [-0.4, -0.2) is 8.42 Å². The van der Waals surface area contributed by atoms with Crippen LogP contribution in [0.1, 0.15) is 25.3 Å². The van der Waals surface area contributed by atoms with E-state index < -0.39 is 15.8 Å². The van der Waals surface area contributed by atoms with Crippen molar-refractivity contribution in [3.05, 3.63) is 53.8 Å². The highest BCUT2D eigenvalue weighted by Gasteiger charge is 2.18. The molecular formula is C15H17FN2O2S. The first-order valence-corrected chi connectivity index (χ1v) is 7.96. The lowest BCUT2D eigenvalue weighted by Gasteiger charge is -2.15. The van der Waals surface area contributed by atoms with E-state index in [4.69, 9.17) is 5.73 Å². The van der Waals surface area contributed by atoms with Crippen molar-refractivity contribution in [3.8, 4) is 0 Å². The van der Waals surface area contributed by atoms with Crippen LogP contribution in [0.25, 0.3) is 0 Å². The number of benzene rings is 2. The van der Waals surface area contributed by atoms with Crippen molar-refractivity contribution in [1.82, 2.24) is 0 Å². The van der Waals surface area contributed by atoms with Crippen molar-refractivity contribution >= 4 is 21.4 Å². The summed E-state index contributed by atoms with van der Waals surface area (Å²) in [5, 5.41) is 0. The molecule has 0 saturated carbocycles. The molecule has 2 aromatic rings. The van der Waals surface area contributed by atoms with Gasteiger partial charge >= 0.3 is 0 Å². The average Bonchev–Trinajstić information content (AvgIpc) is 2.41. The molecule has 0 aromatic heterocycles. The van der Waals surface area contributed by atoms with E-state index in [1.165, 1.54) is 6.07 Å². The van der Waals surface area contributed by atoms with E-state index in [1.54, 1.807) is 12.1 Å². The standard InChI is InChI=1S/C15H17FN2O2S/c1-10(2)12-5-3-4-6-15(12)18-21(19,20)11-7-8-13(16)14(17)9-11/h3-10,18H,17H2,1-2H3. The maximum absolute atomic E-state index is 13.1. The van der Waals surface area contributed by atoms with Crippen LogP contribution in [0.2, 0.25) is 0 Å². The summed E-state index contributed by atoms with van der Waals surface area (Å²) in [7, 11) is -3.81. The van der Waals surface area contributed by atoms with Crippen molar-refractivity contribution in [2.24, 2.45) is 0 Å². The topological polar surface area (TPSA) is 72.2 Å². The van der Waals surface area contributed by atoms with Crippen molar-refractivity contribution < 1.29 is 12.8 Å². The van der Waals surface area contributed by atoms with Crippen molar-refractivity contribution in [2.45, 2.75) is 24.7 Å². The Bertz CT molecular complexity index is 758. The summed E-state index contributed by atoms with van der Waals surface area (Å²) in [6.45, 7) is 3.95. The molecule has 0 aliphatic heterocycles. The minimum atomic E-state index is -3.81. The van der Waals surface area contributed by atoms with Crippen LogP contribution in [0, 0.1) is 5.82 Å². The molecule has 112 valence electrons. The largest absolute Gasteiger partial charge is 0.396 e. The highest BCUT2D eigenvalue weighted by Crippen LogP contribution is 2.26. The number of nitrogen functional groups attached to an aromatic ring is 1. The van der Waals surface area contributed by atoms with E-state index in [0.717, 1.165) is 17.7 Å². The Morgan fingerprint density at radius 2 is 1.81 bits per heavy atom. The van der Waals surface area contributed by atoms with Gasteiger partial charge in [0.25, 0.3) is 10.0 Å². The van der Waals surface area contributed by atoms with E-state index in [-0.39, 0.29) is 16.5 Å². The summed E-state index contributed by atoms with van der Waals surface area (Å²) in [6.07, 6.45) is 0. The maximum atomic E-state index is 13.1. The fourth-order valence-corrected chi connectivity index (χ4v) is 3.11. The number of halogens is 1. The summed E-state index contributed by atoms with van der Waals surface area (Å²) in [4.78, 5) is -0.0695.